The van der Waals surface area contributed by atoms with Gasteiger partial charge in [0.05, 0.1) is 19.2 Å². The van der Waals surface area contributed by atoms with Crippen LogP contribution in [0.5, 0.6) is 5.75 Å². The molecule has 23 heavy (non-hydrogen) atoms. The summed E-state index contributed by atoms with van der Waals surface area (Å²) in [7, 11) is 1.36. The molecule has 5 nitrogen and oxygen atoms in total. The van der Waals surface area contributed by atoms with Crippen LogP contribution < -0.4 is 0 Å². The average Bonchev–Trinajstić information content (AvgIpc) is 2.60. The van der Waals surface area contributed by atoms with Gasteiger partial charge in [-0.25, -0.2) is 0 Å². The van der Waals surface area contributed by atoms with Gasteiger partial charge < -0.3 is 14.7 Å². The van der Waals surface area contributed by atoms with Gasteiger partial charge in [0.2, 0.25) is 0 Å². The maximum Gasteiger partial charge on any atom is 0.305 e. The molecule has 1 N–H and O–H groups in total. The number of phenols is 1. The van der Waals surface area contributed by atoms with E-state index in [0.717, 1.165) is 11.1 Å². The minimum absolute atomic E-state index is 0.209. The second-order valence-corrected chi connectivity index (χ2v) is 4.92. The van der Waals surface area contributed by atoms with Crippen molar-refractivity contribution < 1.29 is 19.5 Å². The molecular weight excluding hydrogens is 294 g/mol. The minimum Gasteiger partial charge on any atom is -0.508 e. The highest BCUT2D eigenvalue weighted by Gasteiger charge is 2.08. The van der Waals surface area contributed by atoms with Crippen molar-refractivity contribution in [2.24, 2.45) is 5.16 Å². The lowest BCUT2D eigenvalue weighted by molar-refractivity contribution is -0.140. The van der Waals surface area contributed by atoms with E-state index >= 15 is 0 Å². The first-order chi connectivity index (χ1) is 11.2. The molecule has 0 radical (unpaired) electrons. The number of methoxy groups -OCH3 is 1. The molecule has 0 aliphatic rings. The van der Waals surface area contributed by atoms with Crippen LogP contribution in [0.3, 0.4) is 0 Å². The van der Waals surface area contributed by atoms with Crippen molar-refractivity contribution in [2.45, 2.75) is 19.4 Å². The number of ether oxygens (including phenoxy) is 1. The fraction of sp³-hybridized carbons (Fsp3) is 0.222. The summed E-state index contributed by atoms with van der Waals surface area (Å²) in [5.74, 6) is -0.0764. The number of carbonyl (C=O) groups excluding carboxylic acids is 1. The number of hydrogen-bond donors (Lipinski definition) is 1. The summed E-state index contributed by atoms with van der Waals surface area (Å²) in [5, 5.41) is 13.4. The maximum atomic E-state index is 11.3. The summed E-state index contributed by atoms with van der Waals surface area (Å²) in [5.41, 5.74) is 2.49. The molecule has 5 heteroatoms. The summed E-state index contributed by atoms with van der Waals surface area (Å²) in [6.07, 6.45) is 0.680. The summed E-state index contributed by atoms with van der Waals surface area (Å²) in [4.78, 5) is 16.7. The Morgan fingerprint density at radius 2 is 1.74 bits per heavy atom. The van der Waals surface area contributed by atoms with Gasteiger partial charge in [-0.15, -0.1) is 0 Å². The van der Waals surface area contributed by atoms with Gasteiger partial charge in [-0.1, -0.05) is 47.6 Å². The third-order valence-corrected chi connectivity index (χ3v) is 3.24. The molecule has 2 aromatic carbocycles. The van der Waals surface area contributed by atoms with Crippen LogP contribution >= 0.6 is 0 Å². The Kier molecular flexibility index (Phi) is 6.17. The zero-order chi connectivity index (χ0) is 16.5. The monoisotopic (exact) mass is 313 g/mol. The van der Waals surface area contributed by atoms with Crippen molar-refractivity contribution in [1.82, 2.24) is 0 Å². The van der Waals surface area contributed by atoms with E-state index in [1.54, 1.807) is 24.3 Å². The summed E-state index contributed by atoms with van der Waals surface area (Å²) in [6.45, 7) is 0.287. The molecule has 120 valence electrons. The molecular formula is C18H19NO4. The first-order valence-corrected chi connectivity index (χ1v) is 7.28. The summed E-state index contributed by atoms with van der Waals surface area (Å²) in [6, 6.07) is 16.3. The zero-order valence-corrected chi connectivity index (χ0v) is 12.9. The van der Waals surface area contributed by atoms with Gasteiger partial charge in [0.1, 0.15) is 12.4 Å². The second-order valence-electron chi connectivity index (χ2n) is 4.92. The van der Waals surface area contributed by atoms with Crippen molar-refractivity contribution in [3.8, 4) is 5.75 Å². The normalized spacial score (nSPS) is 11.1. The molecule has 2 aromatic rings. The molecule has 0 spiro atoms. The van der Waals surface area contributed by atoms with Crippen molar-refractivity contribution in [3.05, 3.63) is 65.7 Å². The number of rotatable bonds is 7. The molecule has 0 aliphatic heterocycles. The van der Waals surface area contributed by atoms with E-state index in [1.165, 1.54) is 7.11 Å². The predicted molar refractivity (Wildman–Crippen MR) is 87.1 cm³/mol. The van der Waals surface area contributed by atoms with Crippen LogP contribution in [0.25, 0.3) is 0 Å². The van der Waals surface area contributed by atoms with E-state index in [1.807, 2.05) is 30.3 Å². The molecule has 0 amide bonds. The van der Waals surface area contributed by atoms with Crippen molar-refractivity contribution in [3.63, 3.8) is 0 Å². The van der Waals surface area contributed by atoms with Crippen LogP contribution in [-0.2, 0) is 21.0 Å². The minimum atomic E-state index is -0.285. The Bertz CT molecular complexity index is 650. The molecule has 0 aliphatic carbocycles. The number of esters is 1. The fourth-order valence-corrected chi connectivity index (χ4v) is 1.97. The van der Waals surface area contributed by atoms with Crippen molar-refractivity contribution in [2.75, 3.05) is 7.11 Å². The third-order valence-electron chi connectivity index (χ3n) is 3.24. The number of phenolic OH excluding ortho intramolecular Hbond substituents is 1. The van der Waals surface area contributed by atoms with Crippen molar-refractivity contribution in [1.29, 1.82) is 0 Å². The van der Waals surface area contributed by atoms with Crippen LogP contribution in [0.1, 0.15) is 24.0 Å². The first kappa shape index (κ1) is 16.5. The van der Waals surface area contributed by atoms with Gasteiger partial charge in [-0.05, 0) is 23.3 Å². The number of hydrogen-bond acceptors (Lipinski definition) is 5. The molecule has 0 atom stereocenters. The van der Waals surface area contributed by atoms with Gasteiger partial charge in [0, 0.05) is 6.42 Å². The quantitative estimate of drug-likeness (QED) is 0.484. The zero-order valence-electron chi connectivity index (χ0n) is 12.9. The number of oxime groups is 1. The second kappa shape index (κ2) is 8.58. The van der Waals surface area contributed by atoms with Crippen molar-refractivity contribution >= 4 is 11.7 Å². The Morgan fingerprint density at radius 3 is 2.39 bits per heavy atom. The smallest absolute Gasteiger partial charge is 0.305 e. The van der Waals surface area contributed by atoms with E-state index < -0.39 is 0 Å². The van der Waals surface area contributed by atoms with Crippen LogP contribution in [0.15, 0.2) is 59.8 Å². The standard InChI is InChI=1S/C18H19NO4/c1-22-18(21)12-11-17(15-5-3-2-4-6-15)19-23-13-14-7-9-16(20)10-8-14/h2-10,20H,11-13H2,1H3. The maximum absolute atomic E-state index is 11.3. The highest BCUT2D eigenvalue weighted by molar-refractivity contribution is 6.01. The highest BCUT2D eigenvalue weighted by atomic mass is 16.6. The predicted octanol–water partition coefficient (Wildman–Crippen LogP) is 3.27. The lowest BCUT2D eigenvalue weighted by Gasteiger charge is -2.07. The first-order valence-electron chi connectivity index (χ1n) is 7.28. The topological polar surface area (TPSA) is 68.1 Å². The number of carbonyl (C=O) groups is 1. The number of benzene rings is 2. The van der Waals surface area contributed by atoms with Crippen LogP contribution in [0.2, 0.25) is 0 Å². The Balaban J connectivity index is 2.03. The summed E-state index contributed by atoms with van der Waals surface area (Å²) < 4.78 is 4.66. The molecule has 0 fully saturated rings. The largest absolute Gasteiger partial charge is 0.508 e. The van der Waals surface area contributed by atoms with Gasteiger partial charge in [0.25, 0.3) is 0 Å². The third kappa shape index (κ3) is 5.47. The number of aromatic hydroxyl groups is 1. The van der Waals surface area contributed by atoms with E-state index in [0.29, 0.717) is 12.1 Å². The molecule has 0 heterocycles. The van der Waals surface area contributed by atoms with Gasteiger partial charge in [-0.2, -0.15) is 0 Å². The molecule has 0 saturated heterocycles. The lowest BCUT2D eigenvalue weighted by atomic mass is 10.1. The highest BCUT2D eigenvalue weighted by Crippen LogP contribution is 2.12. The fourth-order valence-electron chi connectivity index (χ4n) is 1.97. The molecule has 2 rings (SSSR count). The lowest BCUT2D eigenvalue weighted by Crippen LogP contribution is -2.08. The van der Waals surface area contributed by atoms with Gasteiger partial charge in [0.15, 0.2) is 0 Å². The van der Waals surface area contributed by atoms with Crippen LogP contribution in [-0.4, -0.2) is 23.9 Å². The molecule has 0 unspecified atom stereocenters. The SMILES string of the molecule is COC(=O)CCC(=NOCc1ccc(O)cc1)c1ccccc1. The summed E-state index contributed by atoms with van der Waals surface area (Å²) >= 11 is 0. The Morgan fingerprint density at radius 1 is 1.04 bits per heavy atom. The molecule has 0 aromatic heterocycles. The van der Waals surface area contributed by atoms with E-state index in [2.05, 4.69) is 9.89 Å². The molecule has 0 bridgehead atoms. The Labute approximate surface area is 135 Å². The van der Waals surface area contributed by atoms with Crippen LogP contribution in [0, 0.1) is 0 Å². The van der Waals surface area contributed by atoms with E-state index in [4.69, 9.17) is 4.84 Å². The Hall–Kier alpha value is -2.82. The van der Waals surface area contributed by atoms with E-state index in [-0.39, 0.29) is 24.7 Å². The average molecular weight is 313 g/mol. The van der Waals surface area contributed by atoms with Crippen LogP contribution in [0.4, 0.5) is 0 Å². The van der Waals surface area contributed by atoms with Gasteiger partial charge >= 0.3 is 5.97 Å². The van der Waals surface area contributed by atoms with E-state index in [9.17, 15) is 9.90 Å². The molecule has 0 saturated carbocycles. The number of nitrogens with zero attached hydrogens (tertiary/aromatic N) is 1. The van der Waals surface area contributed by atoms with Gasteiger partial charge in [-0.3, -0.25) is 4.79 Å².